The second kappa shape index (κ2) is 7.35. The molecule has 0 saturated heterocycles. The highest BCUT2D eigenvalue weighted by molar-refractivity contribution is 7.13. The van der Waals surface area contributed by atoms with Gasteiger partial charge in [0.2, 0.25) is 5.89 Å². The number of hydrogen-bond acceptors (Lipinski definition) is 4. The van der Waals surface area contributed by atoms with E-state index in [1.807, 2.05) is 43.9 Å². The maximum Gasteiger partial charge on any atom is 0.236 e. The molecule has 0 amide bonds. The van der Waals surface area contributed by atoms with Gasteiger partial charge in [0.25, 0.3) is 0 Å². The molecule has 6 nitrogen and oxygen atoms in total. The minimum Gasteiger partial charge on any atom is -0.443 e. The fraction of sp³-hybridized carbons (Fsp3) is 0.294. The lowest BCUT2D eigenvalue weighted by atomic mass is 10.4. The second-order valence-electron chi connectivity index (χ2n) is 5.49. The van der Waals surface area contributed by atoms with E-state index in [-0.39, 0.29) is 0 Å². The SMILES string of the molecule is CN=C(NCc1coc(-c2cccs2)n1)N(C)Cc1cccn1C. The molecule has 0 unspecified atom stereocenters. The number of nitrogens with zero attached hydrogens (tertiary/aromatic N) is 4. The van der Waals surface area contributed by atoms with Gasteiger partial charge in [0.15, 0.2) is 5.96 Å². The molecule has 0 atom stereocenters. The Labute approximate surface area is 145 Å². The summed E-state index contributed by atoms with van der Waals surface area (Å²) in [6.07, 6.45) is 3.73. The van der Waals surface area contributed by atoms with Crippen LogP contribution in [0.15, 0.2) is 51.5 Å². The standard InChI is InChI=1S/C17H21N5OS/c1-18-17(22(3)11-14-6-4-8-21(14)2)19-10-13-12-23-16(20-13)15-7-5-9-24-15/h4-9,12H,10-11H2,1-3H3,(H,18,19). The molecule has 1 N–H and O–H groups in total. The van der Waals surface area contributed by atoms with Crippen molar-refractivity contribution in [2.24, 2.45) is 12.0 Å². The summed E-state index contributed by atoms with van der Waals surface area (Å²) in [5, 5.41) is 5.34. The van der Waals surface area contributed by atoms with E-state index < -0.39 is 0 Å². The Balaban J connectivity index is 1.59. The van der Waals surface area contributed by atoms with Crippen molar-refractivity contribution in [3.8, 4) is 10.8 Å². The predicted octanol–water partition coefficient (Wildman–Crippen LogP) is 2.95. The molecule has 0 fully saturated rings. The maximum absolute atomic E-state index is 5.54. The van der Waals surface area contributed by atoms with Crippen LogP contribution in [0.3, 0.4) is 0 Å². The van der Waals surface area contributed by atoms with E-state index in [0.29, 0.717) is 12.4 Å². The number of aryl methyl sites for hydroxylation is 1. The van der Waals surface area contributed by atoms with Crippen LogP contribution < -0.4 is 5.32 Å². The van der Waals surface area contributed by atoms with Crippen LogP contribution in [-0.2, 0) is 20.1 Å². The van der Waals surface area contributed by atoms with E-state index in [4.69, 9.17) is 4.42 Å². The first-order valence-corrected chi connectivity index (χ1v) is 8.55. The highest BCUT2D eigenvalue weighted by Gasteiger charge is 2.11. The molecule has 3 heterocycles. The first-order chi connectivity index (χ1) is 11.7. The third-order valence-corrected chi connectivity index (χ3v) is 4.59. The zero-order valence-electron chi connectivity index (χ0n) is 14.1. The van der Waals surface area contributed by atoms with E-state index in [1.54, 1.807) is 24.6 Å². The molecule has 3 rings (SSSR count). The van der Waals surface area contributed by atoms with Gasteiger partial charge in [-0.05, 0) is 23.6 Å². The van der Waals surface area contributed by atoms with Gasteiger partial charge in [0, 0.05) is 33.0 Å². The highest BCUT2D eigenvalue weighted by Crippen LogP contribution is 2.23. The van der Waals surface area contributed by atoms with Crippen LogP contribution in [-0.4, -0.2) is 34.5 Å². The summed E-state index contributed by atoms with van der Waals surface area (Å²) in [6, 6.07) is 8.14. The predicted molar refractivity (Wildman–Crippen MR) is 96.9 cm³/mol. The monoisotopic (exact) mass is 343 g/mol. The molecule has 0 spiro atoms. The Morgan fingerprint density at radius 1 is 1.42 bits per heavy atom. The number of aliphatic imine (C=N–C) groups is 1. The summed E-state index contributed by atoms with van der Waals surface area (Å²) < 4.78 is 7.64. The molecule has 0 aliphatic heterocycles. The van der Waals surface area contributed by atoms with Crippen molar-refractivity contribution in [1.29, 1.82) is 0 Å². The second-order valence-corrected chi connectivity index (χ2v) is 6.44. The average molecular weight is 343 g/mol. The molecule has 0 aromatic carbocycles. The zero-order valence-corrected chi connectivity index (χ0v) is 14.9. The summed E-state index contributed by atoms with van der Waals surface area (Å²) >= 11 is 1.62. The first-order valence-electron chi connectivity index (χ1n) is 7.67. The Hall–Kier alpha value is -2.54. The van der Waals surface area contributed by atoms with Gasteiger partial charge >= 0.3 is 0 Å². The van der Waals surface area contributed by atoms with E-state index in [2.05, 4.69) is 30.8 Å². The summed E-state index contributed by atoms with van der Waals surface area (Å²) in [5.74, 6) is 1.48. The van der Waals surface area contributed by atoms with Gasteiger partial charge in [-0.1, -0.05) is 6.07 Å². The largest absolute Gasteiger partial charge is 0.443 e. The van der Waals surface area contributed by atoms with E-state index in [9.17, 15) is 0 Å². The average Bonchev–Trinajstić information content (AvgIpc) is 3.30. The third-order valence-electron chi connectivity index (χ3n) is 3.74. The van der Waals surface area contributed by atoms with Crippen LogP contribution in [0, 0.1) is 0 Å². The number of oxazole rings is 1. The van der Waals surface area contributed by atoms with Crippen LogP contribution in [0.2, 0.25) is 0 Å². The molecule has 0 bridgehead atoms. The minimum atomic E-state index is 0.568. The number of rotatable bonds is 5. The van der Waals surface area contributed by atoms with Gasteiger partial charge in [-0.15, -0.1) is 11.3 Å². The van der Waals surface area contributed by atoms with Crippen LogP contribution in [0.25, 0.3) is 10.8 Å². The molecular formula is C17H21N5OS. The van der Waals surface area contributed by atoms with Gasteiger partial charge in [-0.25, -0.2) is 4.98 Å². The van der Waals surface area contributed by atoms with Crippen LogP contribution in [0.5, 0.6) is 0 Å². The number of hydrogen-bond donors (Lipinski definition) is 1. The van der Waals surface area contributed by atoms with E-state index >= 15 is 0 Å². The molecule has 7 heteroatoms. The Morgan fingerprint density at radius 2 is 2.29 bits per heavy atom. The van der Waals surface area contributed by atoms with Gasteiger partial charge < -0.3 is 19.2 Å². The van der Waals surface area contributed by atoms with Crippen molar-refractivity contribution >= 4 is 17.3 Å². The van der Waals surface area contributed by atoms with Crippen molar-refractivity contribution in [3.63, 3.8) is 0 Å². The minimum absolute atomic E-state index is 0.568. The lowest BCUT2D eigenvalue weighted by molar-refractivity contribution is 0.461. The van der Waals surface area contributed by atoms with Gasteiger partial charge in [0.05, 0.1) is 23.7 Å². The summed E-state index contributed by atoms with van der Waals surface area (Å²) in [6.45, 7) is 1.35. The van der Waals surface area contributed by atoms with E-state index in [0.717, 1.165) is 23.1 Å². The van der Waals surface area contributed by atoms with Crippen LogP contribution in [0.4, 0.5) is 0 Å². The van der Waals surface area contributed by atoms with E-state index in [1.165, 1.54) is 5.69 Å². The summed E-state index contributed by atoms with van der Waals surface area (Å²) in [5.41, 5.74) is 2.08. The molecule has 0 saturated carbocycles. The normalized spacial score (nSPS) is 11.7. The zero-order chi connectivity index (χ0) is 16.9. The van der Waals surface area contributed by atoms with Gasteiger partial charge in [-0.3, -0.25) is 4.99 Å². The molecule has 0 aliphatic rings. The Morgan fingerprint density at radius 3 is 2.96 bits per heavy atom. The Bertz CT molecular complexity index is 803. The molecule has 3 aromatic rings. The van der Waals surface area contributed by atoms with Crippen molar-refractivity contribution in [2.75, 3.05) is 14.1 Å². The molecule has 126 valence electrons. The van der Waals surface area contributed by atoms with Gasteiger partial charge in [-0.2, -0.15) is 0 Å². The summed E-state index contributed by atoms with van der Waals surface area (Å²) in [7, 11) is 5.84. The quantitative estimate of drug-likeness (QED) is 0.572. The topological polar surface area (TPSA) is 58.6 Å². The maximum atomic E-state index is 5.54. The van der Waals surface area contributed by atoms with Crippen molar-refractivity contribution in [1.82, 2.24) is 19.8 Å². The van der Waals surface area contributed by atoms with Crippen molar-refractivity contribution in [2.45, 2.75) is 13.1 Å². The van der Waals surface area contributed by atoms with Crippen molar-refractivity contribution < 1.29 is 4.42 Å². The fourth-order valence-corrected chi connectivity index (χ4v) is 3.09. The third kappa shape index (κ3) is 3.68. The number of aromatic nitrogens is 2. The van der Waals surface area contributed by atoms with Gasteiger partial charge in [0.1, 0.15) is 6.26 Å². The van der Waals surface area contributed by atoms with Crippen molar-refractivity contribution in [3.05, 3.63) is 53.5 Å². The smallest absolute Gasteiger partial charge is 0.236 e. The molecule has 3 aromatic heterocycles. The Kier molecular flexibility index (Phi) is 5.00. The van der Waals surface area contributed by atoms with Crippen LogP contribution in [0.1, 0.15) is 11.4 Å². The molecule has 24 heavy (non-hydrogen) atoms. The molecule has 0 radical (unpaired) electrons. The highest BCUT2D eigenvalue weighted by atomic mass is 32.1. The van der Waals surface area contributed by atoms with Crippen LogP contribution >= 0.6 is 11.3 Å². The number of nitrogens with one attached hydrogen (secondary N) is 1. The number of guanidine groups is 1. The lowest BCUT2D eigenvalue weighted by Gasteiger charge is -2.22. The molecular weight excluding hydrogens is 322 g/mol. The molecule has 0 aliphatic carbocycles. The lowest BCUT2D eigenvalue weighted by Crippen LogP contribution is -2.38. The number of thiophene rings is 1. The summed E-state index contributed by atoms with van der Waals surface area (Å²) in [4.78, 5) is 12.0. The first kappa shape index (κ1) is 16.3. The fourth-order valence-electron chi connectivity index (χ4n) is 2.43.